The number of hydrogen-bond donors (Lipinski definition) is 1. The molecule has 2 aromatic carbocycles. The molecule has 0 amide bonds. The predicted octanol–water partition coefficient (Wildman–Crippen LogP) is 5.33. The summed E-state index contributed by atoms with van der Waals surface area (Å²) in [6, 6.07) is 17.4. The lowest BCUT2D eigenvalue weighted by Gasteiger charge is -2.44. The van der Waals surface area contributed by atoms with Crippen LogP contribution in [0, 0.1) is 23.2 Å². The molecule has 2 atom stereocenters. The zero-order chi connectivity index (χ0) is 33.3. The maximum Gasteiger partial charge on any atom is 0.225 e. The number of ether oxygens (including phenoxy) is 2. The molecule has 48 heavy (non-hydrogen) atoms. The summed E-state index contributed by atoms with van der Waals surface area (Å²) in [6.07, 6.45) is 4.47. The summed E-state index contributed by atoms with van der Waals surface area (Å²) in [7, 11) is 0. The fourth-order valence-corrected chi connectivity index (χ4v) is 8.22. The van der Waals surface area contributed by atoms with Gasteiger partial charge in [-0.1, -0.05) is 37.6 Å². The van der Waals surface area contributed by atoms with E-state index in [1.807, 2.05) is 36.5 Å². The van der Waals surface area contributed by atoms with Crippen molar-refractivity contribution in [2.24, 2.45) is 11.8 Å². The molecule has 11 heteroatoms. The molecule has 7 rings (SSSR count). The van der Waals surface area contributed by atoms with Crippen molar-refractivity contribution in [2.75, 3.05) is 69.7 Å². The number of nitrogens with one attached hydrogen (secondary N) is 1. The molecule has 1 unspecified atom stereocenters. The molecule has 4 fully saturated rings. The molecule has 1 aromatic heterocycles. The number of anilines is 1. The highest BCUT2D eigenvalue weighted by atomic mass is 35.5. The van der Waals surface area contributed by atoms with Gasteiger partial charge in [0.15, 0.2) is 5.75 Å². The third kappa shape index (κ3) is 6.97. The van der Waals surface area contributed by atoms with Crippen molar-refractivity contribution < 1.29 is 9.47 Å². The van der Waals surface area contributed by atoms with E-state index in [4.69, 9.17) is 37.7 Å². The number of nitriles is 1. The van der Waals surface area contributed by atoms with E-state index in [0.29, 0.717) is 40.7 Å². The third-order valence-electron chi connectivity index (χ3n) is 11.0. The van der Waals surface area contributed by atoms with Crippen LogP contribution in [0.2, 0.25) is 5.02 Å². The second kappa shape index (κ2) is 14.4. The number of hydrogen-bond acceptors (Lipinski definition) is 9. The quantitative estimate of drug-likeness (QED) is 0.269. The van der Waals surface area contributed by atoms with Gasteiger partial charge in [-0.25, -0.2) is 9.97 Å². The van der Waals surface area contributed by atoms with Crippen molar-refractivity contribution in [1.82, 2.24) is 25.1 Å². The summed E-state index contributed by atoms with van der Waals surface area (Å²) < 4.78 is 11.8. The molecule has 4 aliphatic heterocycles. The summed E-state index contributed by atoms with van der Waals surface area (Å²) >= 11 is 12.3. The highest BCUT2D eigenvalue weighted by molar-refractivity contribution is 6.32. The van der Waals surface area contributed by atoms with Gasteiger partial charge in [-0.15, -0.1) is 11.6 Å². The summed E-state index contributed by atoms with van der Waals surface area (Å²) in [4.78, 5) is 17.4. The van der Waals surface area contributed by atoms with Crippen LogP contribution >= 0.6 is 23.2 Å². The van der Waals surface area contributed by atoms with E-state index in [2.05, 4.69) is 57.0 Å². The minimum absolute atomic E-state index is 0.285. The van der Waals surface area contributed by atoms with Gasteiger partial charge in [-0.2, -0.15) is 5.26 Å². The number of rotatable bonds is 11. The van der Waals surface area contributed by atoms with Crippen LogP contribution in [0.25, 0.3) is 0 Å². The fraction of sp³-hybridized carbons (Fsp3) is 0.541. The Bertz CT molecular complexity index is 1600. The number of aromatic nitrogens is 2. The maximum absolute atomic E-state index is 9.74. The van der Waals surface area contributed by atoms with Crippen LogP contribution in [-0.2, 0) is 12.0 Å². The largest absolute Gasteiger partial charge is 0.489 e. The lowest BCUT2D eigenvalue weighted by atomic mass is 9.77. The molecule has 254 valence electrons. The van der Waals surface area contributed by atoms with E-state index in [0.717, 1.165) is 53.7 Å². The Kier molecular flexibility index (Phi) is 10.00. The number of fused-ring (bicyclic) bond motifs is 1. The van der Waals surface area contributed by atoms with Gasteiger partial charge in [0.05, 0.1) is 22.2 Å². The topological polar surface area (TPSA) is 89.8 Å². The normalized spacial score (nSPS) is 22.4. The third-order valence-corrected chi connectivity index (χ3v) is 11.4. The molecular formula is C37H45Cl2N7O2. The van der Waals surface area contributed by atoms with E-state index in [9.17, 15) is 5.26 Å². The molecule has 3 aromatic rings. The molecule has 5 heterocycles. The molecule has 0 radical (unpaired) electrons. The highest BCUT2D eigenvalue weighted by Crippen LogP contribution is 2.39. The van der Waals surface area contributed by atoms with E-state index in [1.165, 1.54) is 52.1 Å². The van der Waals surface area contributed by atoms with Gasteiger partial charge in [0.25, 0.3) is 0 Å². The van der Waals surface area contributed by atoms with E-state index in [-0.39, 0.29) is 6.61 Å². The zero-order valence-electron chi connectivity index (χ0n) is 27.9. The lowest BCUT2D eigenvalue weighted by molar-refractivity contribution is 0.0722. The summed E-state index contributed by atoms with van der Waals surface area (Å²) in [5.41, 5.74) is 2.85. The predicted molar refractivity (Wildman–Crippen MR) is 189 cm³/mol. The van der Waals surface area contributed by atoms with Crippen LogP contribution in [-0.4, -0.2) is 96.7 Å². The van der Waals surface area contributed by atoms with Gasteiger partial charge in [0.1, 0.15) is 25.0 Å². The number of halogens is 2. The number of benzene rings is 2. The maximum atomic E-state index is 9.74. The van der Waals surface area contributed by atoms with Crippen LogP contribution in [0.4, 0.5) is 5.95 Å². The van der Waals surface area contributed by atoms with Crippen molar-refractivity contribution >= 4 is 29.2 Å². The molecule has 0 spiro atoms. The Morgan fingerprint density at radius 3 is 2.31 bits per heavy atom. The Morgan fingerprint density at radius 1 is 0.938 bits per heavy atom. The smallest absolute Gasteiger partial charge is 0.225 e. The second-order valence-electron chi connectivity index (χ2n) is 14.2. The Labute approximate surface area is 294 Å². The van der Waals surface area contributed by atoms with Crippen LogP contribution in [0.5, 0.6) is 11.5 Å². The molecule has 4 saturated heterocycles. The molecule has 4 aliphatic rings. The summed E-state index contributed by atoms with van der Waals surface area (Å²) in [5, 5.41) is 13.6. The second-order valence-corrected chi connectivity index (χ2v) is 15.0. The number of piperidine rings is 1. The molecule has 0 aliphatic carbocycles. The number of alkyl halides is 1. The first-order valence-electron chi connectivity index (χ1n) is 17.2. The van der Waals surface area contributed by atoms with Gasteiger partial charge in [0.2, 0.25) is 5.95 Å². The minimum atomic E-state index is -0.406. The fourth-order valence-electron chi connectivity index (χ4n) is 7.87. The number of likely N-dealkylation sites (tertiary alicyclic amines) is 2. The molecule has 0 bridgehead atoms. The first-order chi connectivity index (χ1) is 23.3. The Balaban J connectivity index is 0.921. The van der Waals surface area contributed by atoms with E-state index < -0.39 is 5.41 Å². The first kappa shape index (κ1) is 33.4. The Morgan fingerprint density at radius 2 is 1.67 bits per heavy atom. The standard InChI is InChI=1S/C37H45Cl2N7O2/c1-37(2,29-15-25(17-40)35(34(39)16-29)47-14-10-38)28-3-5-33(6-4-28)48-24-30-7-11-42-36(43-30)46-22-26-20-45(21-27(26)23-46)31-8-12-44(13-9-31)32-18-41-19-32/h3-7,11,15-16,26-27,31-32,41H,8-10,12-14,18-24H2,1-2H3/t26-,27?/m0/s1. The van der Waals surface area contributed by atoms with E-state index in [1.54, 1.807) is 0 Å². The van der Waals surface area contributed by atoms with Gasteiger partial charge in [0, 0.05) is 76.1 Å². The average molecular weight is 691 g/mol. The highest BCUT2D eigenvalue weighted by Gasteiger charge is 2.43. The number of nitrogens with zero attached hydrogens (tertiary/aromatic N) is 6. The Hall–Kier alpha value is -3.13. The molecule has 0 saturated carbocycles. The van der Waals surface area contributed by atoms with Gasteiger partial charge < -0.3 is 19.7 Å². The molecular weight excluding hydrogens is 645 g/mol. The van der Waals surface area contributed by atoms with Crippen molar-refractivity contribution in [3.63, 3.8) is 0 Å². The minimum Gasteiger partial charge on any atom is -0.489 e. The van der Waals surface area contributed by atoms with Crippen LogP contribution in [0.3, 0.4) is 0 Å². The lowest BCUT2D eigenvalue weighted by Crippen LogP contribution is -2.60. The van der Waals surface area contributed by atoms with Crippen molar-refractivity contribution in [3.05, 3.63) is 76.1 Å². The molecule has 1 N–H and O–H groups in total. The van der Waals surface area contributed by atoms with Gasteiger partial charge in [-0.05, 0) is 66.1 Å². The van der Waals surface area contributed by atoms with Crippen LogP contribution in [0.1, 0.15) is 49.1 Å². The van der Waals surface area contributed by atoms with Crippen molar-refractivity contribution in [3.8, 4) is 17.6 Å². The summed E-state index contributed by atoms with van der Waals surface area (Å²) in [5.74, 6) is 3.65. The van der Waals surface area contributed by atoms with E-state index >= 15 is 0 Å². The van der Waals surface area contributed by atoms with Crippen molar-refractivity contribution in [1.29, 1.82) is 5.26 Å². The van der Waals surface area contributed by atoms with Crippen molar-refractivity contribution in [2.45, 2.75) is 50.8 Å². The zero-order valence-corrected chi connectivity index (χ0v) is 29.4. The summed E-state index contributed by atoms with van der Waals surface area (Å²) in [6.45, 7) is 14.2. The van der Waals surface area contributed by atoms with Crippen LogP contribution < -0.4 is 19.7 Å². The van der Waals surface area contributed by atoms with Gasteiger partial charge in [-0.3, -0.25) is 9.80 Å². The first-order valence-corrected chi connectivity index (χ1v) is 18.2. The SMILES string of the molecule is CC(C)(c1ccc(OCc2ccnc(N3CC4CN(C5CCN(C6CNC6)CC5)C[C@H]4C3)n2)cc1)c1cc(Cl)c(OCCCl)c(C#N)c1. The monoisotopic (exact) mass is 689 g/mol. The van der Waals surface area contributed by atoms with Crippen LogP contribution in [0.15, 0.2) is 48.7 Å². The molecule has 9 nitrogen and oxygen atoms in total. The van der Waals surface area contributed by atoms with Gasteiger partial charge >= 0.3 is 0 Å². The average Bonchev–Trinajstić information content (AvgIpc) is 3.67.